The average Bonchev–Trinajstić information content (AvgIpc) is 2.95. The monoisotopic (exact) mass is 330 g/mol. The first kappa shape index (κ1) is 17.6. The number of benzene rings is 1. The summed E-state index contributed by atoms with van der Waals surface area (Å²) in [5.74, 6) is 0. The van der Waals surface area contributed by atoms with E-state index in [-0.39, 0.29) is 24.7 Å². The largest absolute Gasteiger partial charge is 0.416 e. The van der Waals surface area contributed by atoms with Gasteiger partial charge in [0.2, 0.25) is 0 Å². The van der Waals surface area contributed by atoms with Gasteiger partial charge in [0.25, 0.3) is 0 Å². The van der Waals surface area contributed by atoms with Crippen LogP contribution in [0.3, 0.4) is 0 Å². The molecule has 0 aliphatic carbocycles. The van der Waals surface area contributed by atoms with Gasteiger partial charge in [-0.05, 0) is 43.9 Å². The van der Waals surface area contributed by atoms with Gasteiger partial charge in [-0.3, -0.25) is 0 Å². The third kappa shape index (κ3) is 4.60. The molecule has 0 radical (unpaired) electrons. The number of nitrogens with zero attached hydrogens (tertiary/aromatic N) is 1. The molecule has 2 unspecified atom stereocenters. The van der Waals surface area contributed by atoms with Crippen molar-refractivity contribution in [1.82, 2.24) is 10.2 Å². The molecule has 128 valence electrons. The van der Waals surface area contributed by atoms with Crippen molar-refractivity contribution in [1.29, 1.82) is 0 Å². The summed E-state index contributed by atoms with van der Waals surface area (Å²) in [6.07, 6.45) is -2.24. The molecule has 1 aromatic rings. The Morgan fingerprint density at radius 1 is 1.39 bits per heavy atom. The second kappa shape index (κ2) is 7.21. The molecule has 1 aliphatic rings. The molecule has 1 saturated heterocycles. The lowest BCUT2D eigenvalue weighted by Crippen LogP contribution is -2.47. The number of aliphatic hydroxyl groups excluding tert-OH is 1. The van der Waals surface area contributed by atoms with Crippen molar-refractivity contribution < 1.29 is 23.1 Å². The van der Waals surface area contributed by atoms with Crippen molar-refractivity contribution in [3.05, 3.63) is 35.4 Å². The van der Waals surface area contributed by atoms with E-state index >= 15 is 0 Å². The smallest absolute Gasteiger partial charge is 0.394 e. The molecule has 0 aromatic heterocycles. The van der Waals surface area contributed by atoms with Gasteiger partial charge in [-0.25, -0.2) is 4.79 Å². The van der Waals surface area contributed by atoms with Crippen LogP contribution in [0.5, 0.6) is 0 Å². The summed E-state index contributed by atoms with van der Waals surface area (Å²) < 4.78 is 37.5. The van der Waals surface area contributed by atoms with E-state index in [9.17, 15) is 23.1 Å². The number of hydrogen-bond donors (Lipinski definition) is 2. The molecule has 23 heavy (non-hydrogen) atoms. The highest BCUT2D eigenvalue weighted by molar-refractivity contribution is 5.75. The fraction of sp³-hybridized carbons (Fsp3) is 0.562. The fourth-order valence-electron chi connectivity index (χ4n) is 2.82. The quantitative estimate of drug-likeness (QED) is 0.892. The molecule has 7 heteroatoms. The molecule has 0 saturated carbocycles. The van der Waals surface area contributed by atoms with Crippen LogP contribution in [0.15, 0.2) is 24.3 Å². The van der Waals surface area contributed by atoms with Gasteiger partial charge in [-0.1, -0.05) is 12.1 Å². The molecule has 1 heterocycles. The number of hydrogen-bond acceptors (Lipinski definition) is 2. The van der Waals surface area contributed by atoms with Crippen LogP contribution in [0.4, 0.5) is 18.0 Å². The lowest BCUT2D eigenvalue weighted by Gasteiger charge is -2.25. The maximum atomic E-state index is 12.5. The molecule has 1 aliphatic heterocycles. The summed E-state index contributed by atoms with van der Waals surface area (Å²) in [7, 11) is 0. The fourth-order valence-corrected chi connectivity index (χ4v) is 2.82. The van der Waals surface area contributed by atoms with Gasteiger partial charge in [0.1, 0.15) is 0 Å². The molecule has 2 amide bonds. The number of amides is 2. The summed E-state index contributed by atoms with van der Waals surface area (Å²) in [4.78, 5) is 13.8. The van der Waals surface area contributed by atoms with Crippen LogP contribution in [0, 0.1) is 0 Å². The minimum Gasteiger partial charge on any atom is -0.394 e. The lowest BCUT2D eigenvalue weighted by molar-refractivity contribution is -0.137. The molecular formula is C16H21F3N2O2. The molecular weight excluding hydrogens is 309 g/mol. The van der Waals surface area contributed by atoms with E-state index in [4.69, 9.17) is 0 Å². The van der Waals surface area contributed by atoms with Gasteiger partial charge < -0.3 is 15.3 Å². The molecule has 0 bridgehead atoms. The zero-order valence-electron chi connectivity index (χ0n) is 12.9. The number of carbonyl (C=O) groups is 1. The second-order valence-corrected chi connectivity index (χ2v) is 5.92. The van der Waals surface area contributed by atoms with Gasteiger partial charge in [0.15, 0.2) is 0 Å². The Bertz CT molecular complexity index is 531. The molecule has 2 atom stereocenters. The minimum atomic E-state index is -4.34. The summed E-state index contributed by atoms with van der Waals surface area (Å²) in [5.41, 5.74) is 0.0479. The number of carbonyl (C=O) groups excluding carboxylic acids is 1. The van der Waals surface area contributed by atoms with Gasteiger partial charge in [-0.15, -0.1) is 0 Å². The van der Waals surface area contributed by atoms with Gasteiger partial charge in [-0.2, -0.15) is 13.2 Å². The molecule has 1 fully saturated rings. The molecule has 1 aromatic carbocycles. The van der Waals surface area contributed by atoms with E-state index in [0.29, 0.717) is 13.0 Å². The highest BCUT2D eigenvalue weighted by Gasteiger charge is 2.30. The van der Waals surface area contributed by atoms with Crippen LogP contribution in [0.2, 0.25) is 0 Å². The number of aliphatic hydroxyl groups is 1. The zero-order valence-corrected chi connectivity index (χ0v) is 12.9. The maximum Gasteiger partial charge on any atom is 0.416 e. The summed E-state index contributed by atoms with van der Waals surface area (Å²) in [5, 5.41) is 12.1. The van der Waals surface area contributed by atoms with E-state index in [1.165, 1.54) is 12.1 Å². The Kier molecular flexibility index (Phi) is 5.51. The lowest BCUT2D eigenvalue weighted by atomic mass is 10.1. The highest BCUT2D eigenvalue weighted by atomic mass is 19.4. The van der Waals surface area contributed by atoms with Crippen LogP contribution in [0.1, 0.15) is 30.9 Å². The number of halogens is 3. The summed E-state index contributed by atoms with van der Waals surface area (Å²) in [6.45, 7) is 2.37. The summed E-state index contributed by atoms with van der Waals surface area (Å²) in [6, 6.07) is 4.36. The Labute approximate surface area is 133 Å². The van der Waals surface area contributed by atoms with Gasteiger partial charge in [0.05, 0.1) is 18.2 Å². The maximum absolute atomic E-state index is 12.5. The highest BCUT2D eigenvalue weighted by Crippen LogP contribution is 2.29. The van der Waals surface area contributed by atoms with Crippen molar-refractivity contribution in [2.75, 3.05) is 13.2 Å². The van der Waals surface area contributed by atoms with E-state index in [2.05, 4.69) is 5.32 Å². The van der Waals surface area contributed by atoms with Crippen molar-refractivity contribution in [2.24, 2.45) is 0 Å². The Morgan fingerprint density at radius 3 is 2.61 bits per heavy atom. The van der Waals surface area contributed by atoms with Crippen LogP contribution in [0.25, 0.3) is 0 Å². The minimum absolute atomic E-state index is 0.0549. The number of alkyl halides is 3. The third-order valence-electron chi connectivity index (χ3n) is 4.04. The SMILES string of the molecule is CC(Cc1ccc(C(F)(F)F)cc1)NC(=O)N1CCCC1CO. The first-order valence-electron chi connectivity index (χ1n) is 7.65. The number of likely N-dealkylation sites (tertiary alicyclic amines) is 1. The van der Waals surface area contributed by atoms with Crippen LogP contribution >= 0.6 is 0 Å². The van der Waals surface area contributed by atoms with Crippen molar-refractivity contribution in [3.8, 4) is 0 Å². The Morgan fingerprint density at radius 2 is 2.04 bits per heavy atom. The topological polar surface area (TPSA) is 52.6 Å². The van der Waals surface area contributed by atoms with E-state index < -0.39 is 11.7 Å². The van der Waals surface area contributed by atoms with Gasteiger partial charge >= 0.3 is 12.2 Å². The average molecular weight is 330 g/mol. The Balaban J connectivity index is 1.89. The van der Waals surface area contributed by atoms with E-state index in [1.54, 1.807) is 11.8 Å². The number of nitrogens with one attached hydrogen (secondary N) is 1. The second-order valence-electron chi connectivity index (χ2n) is 5.92. The molecule has 0 spiro atoms. The molecule has 2 N–H and O–H groups in total. The Hall–Kier alpha value is -1.76. The van der Waals surface area contributed by atoms with Crippen LogP contribution in [-0.4, -0.2) is 41.3 Å². The predicted octanol–water partition coefficient (Wildman–Crippen LogP) is 2.80. The standard InChI is InChI=1S/C16H21F3N2O2/c1-11(20-15(23)21-8-2-3-14(21)10-22)9-12-4-6-13(7-5-12)16(17,18)19/h4-7,11,14,22H,2-3,8-10H2,1H3,(H,20,23). The number of urea groups is 1. The first-order chi connectivity index (χ1) is 10.8. The predicted molar refractivity (Wildman–Crippen MR) is 80.0 cm³/mol. The van der Waals surface area contributed by atoms with Crippen LogP contribution < -0.4 is 5.32 Å². The first-order valence-corrected chi connectivity index (χ1v) is 7.65. The van der Waals surface area contributed by atoms with E-state index in [0.717, 1.165) is 30.5 Å². The molecule has 4 nitrogen and oxygen atoms in total. The van der Waals surface area contributed by atoms with Gasteiger partial charge in [0, 0.05) is 12.6 Å². The summed E-state index contributed by atoms with van der Waals surface area (Å²) >= 11 is 0. The molecule has 2 rings (SSSR count). The normalized spacial score (nSPS) is 19.7. The third-order valence-corrected chi connectivity index (χ3v) is 4.04. The van der Waals surface area contributed by atoms with E-state index in [1.807, 2.05) is 0 Å². The van der Waals surface area contributed by atoms with Crippen molar-refractivity contribution >= 4 is 6.03 Å². The van der Waals surface area contributed by atoms with Crippen molar-refractivity contribution in [2.45, 2.75) is 44.4 Å². The number of rotatable bonds is 4. The zero-order chi connectivity index (χ0) is 17.0. The van der Waals surface area contributed by atoms with Crippen molar-refractivity contribution in [3.63, 3.8) is 0 Å². The van der Waals surface area contributed by atoms with Crippen LogP contribution in [-0.2, 0) is 12.6 Å².